The van der Waals surface area contributed by atoms with Crippen molar-refractivity contribution in [2.24, 2.45) is 0 Å². The first kappa shape index (κ1) is 21.3. The van der Waals surface area contributed by atoms with Crippen LogP contribution in [0.5, 0.6) is 0 Å². The number of hydrogen-bond donors (Lipinski definition) is 3. The van der Waals surface area contributed by atoms with E-state index in [1.165, 1.54) is 0 Å². The molecule has 2 aromatic heterocycles. The lowest BCUT2D eigenvalue weighted by molar-refractivity contribution is 0.102. The Morgan fingerprint density at radius 2 is 1.69 bits per heavy atom. The highest BCUT2D eigenvalue weighted by atomic mass is 16.1. The maximum atomic E-state index is 12.4. The molecule has 7 heteroatoms. The number of benzene rings is 2. The van der Waals surface area contributed by atoms with E-state index in [9.17, 15) is 4.79 Å². The van der Waals surface area contributed by atoms with Crippen LogP contribution in [-0.4, -0.2) is 48.0 Å². The van der Waals surface area contributed by atoms with Gasteiger partial charge >= 0.3 is 0 Å². The van der Waals surface area contributed by atoms with Crippen LogP contribution in [0.1, 0.15) is 10.4 Å². The average Bonchev–Trinajstić information content (AvgIpc) is 2.80. The third kappa shape index (κ3) is 5.39. The van der Waals surface area contributed by atoms with Gasteiger partial charge in [-0.25, -0.2) is 9.97 Å². The van der Waals surface area contributed by atoms with Crippen LogP contribution in [0.3, 0.4) is 0 Å². The van der Waals surface area contributed by atoms with Crippen molar-refractivity contribution in [1.82, 2.24) is 14.9 Å². The highest BCUT2D eigenvalue weighted by Crippen LogP contribution is 2.25. The molecule has 0 aliphatic heterocycles. The molecule has 4 aromatic rings. The number of aromatic nitrogens is 2. The van der Waals surface area contributed by atoms with Crippen LogP contribution in [0.2, 0.25) is 0 Å². The summed E-state index contributed by atoms with van der Waals surface area (Å²) in [7, 11) is 4.08. The van der Waals surface area contributed by atoms with Crippen LogP contribution in [0.25, 0.3) is 11.0 Å². The third-order valence-corrected chi connectivity index (χ3v) is 4.93. The Labute approximate surface area is 187 Å². The molecule has 162 valence electrons. The molecule has 0 aliphatic carbocycles. The number of nitrogens with zero attached hydrogens (tertiary/aromatic N) is 3. The Hall–Kier alpha value is -3.97. The molecule has 0 bridgehead atoms. The molecule has 0 saturated carbocycles. The minimum Gasteiger partial charge on any atom is -0.369 e. The Bertz CT molecular complexity index is 1190. The van der Waals surface area contributed by atoms with Crippen LogP contribution in [0.15, 0.2) is 79.0 Å². The molecule has 0 aliphatic rings. The zero-order valence-electron chi connectivity index (χ0n) is 18.2. The molecule has 0 unspecified atom stereocenters. The number of anilines is 4. The maximum absolute atomic E-state index is 12.4. The zero-order chi connectivity index (χ0) is 22.3. The van der Waals surface area contributed by atoms with Crippen LogP contribution in [0.4, 0.5) is 22.9 Å². The Balaban J connectivity index is 1.45. The molecule has 7 nitrogen and oxygen atoms in total. The predicted octanol–water partition coefficient (Wildman–Crippen LogP) is 4.60. The van der Waals surface area contributed by atoms with Gasteiger partial charge < -0.3 is 20.9 Å². The van der Waals surface area contributed by atoms with Gasteiger partial charge in [-0.1, -0.05) is 18.2 Å². The topological polar surface area (TPSA) is 82.2 Å². The van der Waals surface area contributed by atoms with Gasteiger partial charge in [0.2, 0.25) is 0 Å². The summed E-state index contributed by atoms with van der Waals surface area (Å²) in [6, 6.07) is 22.7. The molecule has 0 fully saturated rings. The highest BCUT2D eigenvalue weighted by molar-refractivity contribution is 6.04. The number of pyridine rings is 2. The summed E-state index contributed by atoms with van der Waals surface area (Å²) in [6.45, 7) is 1.74. The van der Waals surface area contributed by atoms with E-state index in [0.29, 0.717) is 11.2 Å². The lowest BCUT2D eigenvalue weighted by atomic mass is 10.1. The minimum absolute atomic E-state index is 0.143. The lowest BCUT2D eigenvalue weighted by Gasteiger charge is -2.13. The molecule has 3 N–H and O–H groups in total. The van der Waals surface area contributed by atoms with Gasteiger partial charge in [-0.05, 0) is 68.7 Å². The fraction of sp³-hybridized carbons (Fsp3) is 0.160. The highest BCUT2D eigenvalue weighted by Gasteiger charge is 2.08. The molecular formula is C25H26N6O. The van der Waals surface area contributed by atoms with E-state index in [1.54, 1.807) is 18.3 Å². The Morgan fingerprint density at radius 3 is 2.44 bits per heavy atom. The van der Waals surface area contributed by atoms with E-state index in [4.69, 9.17) is 0 Å². The summed E-state index contributed by atoms with van der Waals surface area (Å²) < 4.78 is 0. The largest absolute Gasteiger partial charge is 0.369 e. The summed E-state index contributed by atoms with van der Waals surface area (Å²) in [5.41, 5.74) is 3.81. The van der Waals surface area contributed by atoms with Gasteiger partial charge in [-0.2, -0.15) is 0 Å². The van der Waals surface area contributed by atoms with E-state index >= 15 is 0 Å². The van der Waals surface area contributed by atoms with Crippen molar-refractivity contribution in [3.63, 3.8) is 0 Å². The molecular weight excluding hydrogens is 400 g/mol. The van der Waals surface area contributed by atoms with Gasteiger partial charge in [0.25, 0.3) is 5.91 Å². The van der Waals surface area contributed by atoms with E-state index in [0.717, 1.165) is 41.4 Å². The minimum atomic E-state index is -0.143. The number of likely N-dealkylation sites (N-methyl/N-ethyl adjacent to an activating group) is 1. The summed E-state index contributed by atoms with van der Waals surface area (Å²) >= 11 is 0. The first-order valence-corrected chi connectivity index (χ1v) is 10.5. The number of para-hydroxylation sites is 1. The summed E-state index contributed by atoms with van der Waals surface area (Å²) in [5, 5.41) is 10.5. The molecule has 1 amide bonds. The van der Waals surface area contributed by atoms with Crippen LogP contribution < -0.4 is 16.0 Å². The number of nitrogens with one attached hydrogen (secondary N) is 3. The monoisotopic (exact) mass is 426 g/mol. The third-order valence-electron chi connectivity index (χ3n) is 4.93. The maximum Gasteiger partial charge on any atom is 0.255 e. The molecule has 2 aromatic carbocycles. The number of amides is 1. The standard InChI is InChI=1S/C25H26N6O/c1-31(2)17-16-26-23-13-12-21-22(14-15-27-24(21)30-23)28-20-10-8-18(9-11-20)25(32)29-19-6-4-3-5-7-19/h3-15H,16-17H2,1-2H3,(H,29,32)(H2,26,27,28,30). The summed E-state index contributed by atoms with van der Waals surface area (Å²) in [6.07, 6.45) is 1.74. The quantitative estimate of drug-likeness (QED) is 0.382. The second-order valence-corrected chi connectivity index (χ2v) is 7.68. The molecule has 0 radical (unpaired) electrons. The van der Waals surface area contributed by atoms with Gasteiger partial charge in [0.15, 0.2) is 5.65 Å². The first-order chi connectivity index (χ1) is 15.6. The molecule has 0 atom stereocenters. The fourth-order valence-corrected chi connectivity index (χ4v) is 3.23. The second kappa shape index (κ2) is 9.89. The van der Waals surface area contributed by atoms with Gasteiger partial charge in [0.05, 0.1) is 5.69 Å². The fourth-order valence-electron chi connectivity index (χ4n) is 3.23. The van der Waals surface area contributed by atoms with Gasteiger partial charge in [0.1, 0.15) is 5.82 Å². The molecule has 0 spiro atoms. The van der Waals surface area contributed by atoms with Crippen molar-refractivity contribution in [3.8, 4) is 0 Å². The van der Waals surface area contributed by atoms with Crippen molar-refractivity contribution in [2.45, 2.75) is 0 Å². The van der Waals surface area contributed by atoms with E-state index < -0.39 is 0 Å². The zero-order valence-corrected chi connectivity index (χ0v) is 18.2. The summed E-state index contributed by atoms with van der Waals surface area (Å²) in [5.74, 6) is 0.661. The smallest absolute Gasteiger partial charge is 0.255 e. The lowest BCUT2D eigenvalue weighted by Crippen LogP contribution is -2.21. The van der Waals surface area contributed by atoms with Crippen molar-refractivity contribution >= 4 is 39.8 Å². The second-order valence-electron chi connectivity index (χ2n) is 7.68. The summed E-state index contributed by atoms with van der Waals surface area (Å²) in [4.78, 5) is 23.6. The number of carbonyl (C=O) groups is 1. The Morgan fingerprint density at radius 1 is 0.906 bits per heavy atom. The van der Waals surface area contributed by atoms with Crippen molar-refractivity contribution < 1.29 is 4.79 Å². The average molecular weight is 427 g/mol. The number of carbonyl (C=O) groups excluding carboxylic acids is 1. The van der Waals surface area contributed by atoms with Crippen LogP contribution in [-0.2, 0) is 0 Å². The SMILES string of the molecule is CN(C)CCNc1ccc2c(Nc3ccc(C(=O)Nc4ccccc4)cc3)ccnc2n1. The molecule has 32 heavy (non-hydrogen) atoms. The van der Waals surface area contributed by atoms with Gasteiger partial charge in [-0.15, -0.1) is 0 Å². The molecule has 0 saturated heterocycles. The molecule has 4 rings (SSSR count). The normalized spacial score (nSPS) is 10.8. The number of hydrogen-bond acceptors (Lipinski definition) is 6. The van der Waals surface area contributed by atoms with Crippen molar-refractivity contribution in [1.29, 1.82) is 0 Å². The molecule has 2 heterocycles. The first-order valence-electron chi connectivity index (χ1n) is 10.5. The van der Waals surface area contributed by atoms with Crippen LogP contribution >= 0.6 is 0 Å². The van der Waals surface area contributed by atoms with E-state index in [2.05, 4.69) is 30.8 Å². The van der Waals surface area contributed by atoms with Gasteiger partial charge in [0, 0.05) is 41.6 Å². The number of fused-ring (bicyclic) bond motifs is 1. The van der Waals surface area contributed by atoms with Crippen molar-refractivity contribution in [2.75, 3.05) is 43.1 Å². The predicted molar refractivity (Wildman–Crippen MR) is 131 cm³/mol. The Kier molecular flexibility index (Phi) is 6.57. The van der Waals surface area contributed by atoms with Crippen molar-refractivity contribution in [3.05, 3.63) is 84.6 Å². The van der Waals surface area contributed by atoms with E-state index in [1.807, 2.05) is 74.8 Å². The van der Waals surface area contributed by atoms with E-state index in [-0.39, 0.29) is 5.91 Å². The van der Waals surface area contributed by atoms with Crippen LogP contribution in [0, 0.1) is 0 Å². The number of rotatable bonds is 8. The van der Waals surface area contributed by atoms with Gasteiger partial charge in [-0.3, -0.25) is 4.79 Å².